The van der Waals surface area contributed by atoms with Crippen LogP contribution in [0.5, 0.6) is 0 Å². The van der Waals surface area contributed by atoms with Gasteiger partial charge in [0.2, 0.25) is 0 Å². The predicted octanol–water partition coefficient (Wildman–Crippen LogP) is 2.56. The van der Waals surface area contributed by atoms with Crippen LogP contribution in [-0.2, 0) is 9.47 Å². The average molecular weight is 241 g/mol. The van der Waals surface area contributed by atoms with Gasteiger partial charge in [-0.25, -0.2) is 4.79 Å². The Morgan fingerprint density at radius 1 is 1.35 bits per heavy atom. The number of rotatable bonds is 3. The number of hydrogen-bond donors (Lipinski definition) is 0. The predicted molar refractivity (Wildman–Crippen MR) is 64.9 cm³/mol. The van der Waals surface area contributed by atoms with E-state index in [4.69, 9.17) is 9.47 Å². The van der Waals surface area contributed by atoms with E-state index in [2.05, 4.69) is 0 Å². The maximum absolute atomic E-state index is 12.2. The molecule has 0 N–H and O–H groups in total. The highest BCUT2D eigenvalue weighted by Crippen LogP contribution is 2.27. The van der Waals surface area contributed by atoms with Crippen LogP contribution in [0.4, 0.5) is 4.79 Å². The molecule has 1 heterocycles. The van der Waals surface area contributed by atoms with Gasteiger partial charge in [0.05, 0.1) is 19.3 Å². The zero-order valence-corrected chi connectivity index (χ0v) is 11.1. The molecular weight excluding hydrogens is 218 g/mol. The van der Waals surface area contributed by atoms with Crippen molar-refractivity contribution in [1.82, 2.24) is 4.90 Å². The molecule has 4 nitrogen and oxygen atoms in total. The van der Waals surface area contributed by atoms with Crippen LogP contribution in [0.3, 0.4) is 0 Å². The van der Waals surface area contributed by atoms with E-state index in [0.29, 0.717) is 12.6 Å². The Morgan fingerprint density at radius 2 is 1.94 bits per heavy atom. The Bertz CT molecular complexity index is 275. The van der Waals surface area contributed by atoms with Gasteiger partial charge in [-0.05, 0) is 33.6 Å². The van der Waals surface area contributed by atoms with E-state index in [0.717, 1.165) is 19.4 Å². The fraction of sp³-hybridized carbons (Fsp3) is 0.923. The van der Waals surface area contributed by atoms with Crippen molar-refractivity contribution >= 4 is 6.09 Å². The molecule has 0 aromatic heterocycles. The number of hydrogen-bond acceptors (Lipinski definition) is 3. The standard InChI is InChI=1S/C13H23NO3/c1-13(2,3)17-12(15)14(8-11-9-16-11)10-6-4-5-7-10/h10-11H,4-9H2,1-3H3. The molecule has 2 fully saturated rings. The number of amides is 1. The summed E-state index contributed by atoms with van der Waals surface area (Å²) in [5.41, 5.74) is -0.418. The number of epoxide rings is 1. The molecule has 1 amide bonds. The van der Waals surface area contributed by atoms with Crippen molar-refractivity contribution in [2.75, 3.05) is 13.2 Å². The maximum atomic E-state index is 12.2. The van der Waals surface area contributed by atoms with Crippen LogP contribution in [0.25, 0.3) is 0 Å². The van der Waals surface area contributed by atoms with Gasteiger partial charge in [-0.3, -0.25) is 0 Å². The Morgan fingerprint density at radius 3 is 2.41 bits per heavy atom. The lowest BCUT2D eigenvalue weighted by molar-refractivity contribution is 0.0150. The van der Waals surface area contributed by atoms with Crippen molar-refractivity contribution in [2.45, 2.75) is 64.2 Å². The summed E-state index contributed by atoms with van der Waals surface area (Å²) in [6.45, 7) is 7.20. The smallest absolute Gasteiger partial charge is 0.410 e. The third kappa shape index (κ3) is 3.87. The third-order valence-corrected chi connectivity index (χ3v) is 3.20. The first kappa shape index (κ1) is 12.7. The van der Waals surface area contributed by atoms with Crippen LogP contribution in [0.1, 0.15) is 46.5 Å². The summed E-state index contributed by atoms with van der Waals surface area (Å²) in [5, 5.41) is 0. The number of carbonyl (C=O) groups is 1. The number of carbonyl (C=O) groups excluding carboxylic acids is 1. The second kappa shape index (κ2) is 4.84. The van der Waals surface area contributed by atoms with Gasteiger partial charge in [0.1, 0.15) is 5.60 Å². The van der Waals surface area contributed by atoms with Gasteiger partial charge in [-0.1, -0.05) is 12.8 Å². The van der Waals surface area contributed by atoms with E-state index in [-0.39, 0.29) is 12.2 Å². The highest BCUT2D eigenvalue weighted by Gasteiger charge is 2.35. The molecule has 17 heavy (non-hydrogen) atoms. The molecule has 1 unspecified atom stereocenters. The van der Waals surface area contributed by atoms with Gasteiger partial charge in [-0.2, -0.15) is 0 Å². The van der Waals surface area contributed by atoms with Gasteiger partial charge in [0.25, 0.3) is 0 Å². The van der Waals surface area contributed by atoms with E-state index in [9.17, 15) is 4.79 Å². The lowest BCUT2D eigenvalue weighted by Gasteiger charge is -2.31. The first-order valence-electron chi connectivity index (χ1n) is 6.57. The van der Waals surface area contributed by atoms with Crippen LogP contribution < -0.4 is 0 Å². The Balaban J connectivity index is 1.95. The highest BCUT2D eigenvalue weighted by molar-refractivity contribution is 5.68. The molecule has 2 aliphatic rings. The number of ether oxygens (including phenoxy) is 2. The largest absolute Gasteiger partial charge is 0.444 e. The zero-order chi connectivity index (χ0) is 12.5. The quantitative estimate of drug-likeness (QED) is 0.713. The molecule has 1 aliphatic heterocycles. The van der Waals surface area contributed by atoms with Crippen molar-refractivity contribution in [2.24, 2.45) is 0 Å². The van der Waals surface area contributed by atoms with Crippen LogP contribution in [-0.4, -0.2) is 41.9 Å². The summed E-state index contributed by atoms with van der Waals surface area (Å²) in [5.74, 6) is 0. The fourth-order valence-corrected chi connectivity index (χ4v) is 2.30. The molecule has 0 aromatic rings. The zero-order valence-electron chi connectivity index (χ0n) is 11.1. The second-order valence-corrected chi connectivity index (χ2v) is 6.03. The van der Waals surface area contributed by atoms with E-state index < -0.39 is 5.60 Å². The minimum Gasteiger partial charge on any atom is -0.444 e. The van der Waals surface area contributed by atoms with Crippen LogP contribution in [0.2, 0.25) is 0 Å². The fourth-order valence-electron chi connectivity index (χ4n) is 2.30. The minimum atomic E-state index is -0.418. The Kier molecular flexibility index (Phi) is 3.61. The average Bonchev–Trinajstić information content (AvgIpc) is 2.85. The van der Waals surface area contributed by atoms with Gasteiger partial charge in [0.15, 0.2) is 0 Å². The van der Waals surface area contributed by atoms with Crippen molar-refractivity contribution < 1.29 is 14.3 Å². The van der Waals surface area contributed by atoms with Crippen molar-refractivity contribution in [3.8, 4) is 0 Å². The molecule has 4 heteroatoms. The summed E-state index contributed by atoms with van der Waals surface area (Å²) in [6.07, 6.45) is 4.70. The van der Waals surface area contributed by atoms with E-state index in [1.54, 1.807) is 0 Å². The summed E-state index contributed by atoms with van der Waals surface area (Å²) in [4.78, 5) is 14.0. The maximum Gasteiger partial charge on any atom is 0.410 e. The molecule has 1 aliphatic carbocycles. The molecular formula is C13H23NO3. The first-order valence-corrected chi connectivity index (χ1v) is 6.57. The third-order valence-electron chi connectivity index (χ3n) is 3.20. The van der Waals surface area contributed by atoms with Crippen molar-refractivity contribution in [1.29, 1.82) is 0 Å². The van der Waals surface area contributed by atoms with Gasteiger partial charge >= 0.3 is 6.09 Å². The van der Waals surface area contributed by atoms with Crippen LogP contribution >= 0.6 is 0 Å². The lowest BCUT2D eigenvalue weighted by Crippen LogP contribution is -2.44. The second-order valence-electron chi connectivity index (χ2n) is 6.03. The normalized spacial score (nSPS) is 24.8. The molecule has 1 atom stereocenters. The minimum absolute atomic E-state index is 0.181. The van der Waals surface area contributed by atoms with E-state index >= 15 is 0 Å². The lowest BCUT2D eigenvalue weighted by atomic mass is 10.2. The van der Waals surface area contributed by atoms with E-state index in [1.165, 1.54) is 12.8 Å². The SMILES string of the molecule is CC(C)(C)OC(=O)N(CC1CO1)C1CCCC1. The van der Waals surface area contributed by atoms with Crippen molar-refractivity contribution in [3.63, 3.8) is 0 Å². The summed E-state index contributed by atoms with van der Waals surface area (Å²) in [6, 6.07) is 0.356. The van der Waals surface area contributed by atoms with Crippen molar-refractivity contribution in [3.05, 3.63) is 0 Å². The Labute approximate surface area is 103 Å². The topological polar surface area (TPSA) is 42.1 Å². The molecule has 2 rings (SSSR count). The molecule has 1 saturated carbocycles. The molecule has 0 radical (unpaired) electrons. The number of nitrogens with zero attached hydrogens (tertiary/aromatic N) is 1. The molecule has 0 bridgehead atoms. The van der Waals surface area contributed by atoms with Crippen LogP contribution in [0.15, 0.2) is 0 Å². The monoisotopic (exact) mass is 241 g/mol. The van der Waals surface area contributed by atoms with Gasteiger partial charge in [-0.15, -0.1) is 0 Å². The molecule has 98 valence electrons. The molecule has 0 spiro atoms. The summed E-state index contributed by atoms with van der Waals surface area (Å²) < 4.78 is 10.7. The van der Waals surface area contributed by atoms with Crippen LogP contribution in [0, 0.1) is 0 Å². The molecule has 1 saturated heterocycles. The van der Waals surface area contributed by atoms with E-state index in [1.807, 2.05) is 25.7 Å². The summed E-state index contributed by atoms with van der Waals surface area (Å²) >= 11 is 0. The van der Waals surface area contributed by atoms with Gasteiger partial charge < -0.3 is 14.4 Å². The van der Waals surface area contributed by atoms with Gasteiger partial charge in [0, 0.05) is 6.04 Å². The highest BCUT2D eigenvalue weighted by atomic mass is 16.6. The first-order chi connectivity index (χ1) is 7.96. The Hall–Kier alpha value is -0.770. The molecule has 0 aromatic carbocycles. The summed E-state index contributed by atoms with van der Waals surface area (Å²) in [7, 11) is 0.